The average molecular weight is 181 g/mol. The molecule has 0 bridgehead atoms. The molecule has 3 nitrogen and oxygen atoms in total. The number of hydrogen-bond acceptors (Lipinski definition) is 3. The summed E-state index contributed by atoms with van der Waals surface area (Å²) in [5.74, 6) is -0.262. The molecule has 0 aromatic carbocycles. The molecule has 13 heavy (non-hydrogen) atoms. The maximum atomic E-state index is 12.9. The number of halogens is 1. The monoisotopic (exact) mass is 181 g/mol. The first kappa shape index (κ1) is 8.41. The fraction of sp³-hybridized carbons (Fsp3) is 0.556. The molecular formula is C9H12FN3. The van der Waals surface area contributed by atoms with Gasteiger partial charge in [-0.2, -0.15) is 4.39 Å². The minimum Gasteiger partial charge on any atom is -0.366 e. The summed E-state index contributed by atoms with van der Waals surface area (Å²) in [5, 5.41) is 2.97. The normalized spacial score (nSPS) is 18.3. The summed E-state index contributed by atoms with van der Waals surface area (Å²) in [6.45, 7) is 2.96. The first-order chi connectivity index (χ1) is 6.20. The lowest BCUT2D eigenvalue weighted by molar-refractivity contribution is 0.568. The van der Waals surface area contributed by atoms with E-state index in [4.69, 9.17) is 0 Å². The van der Waals surface area contributed by atoms with Gasteiger partial charge < -0.3 is 5.32 Å². The molecule has 1 aliphatic carbocycles. The lowest BCUT2D eigenvalue weighted by Crippen LogP contribution is -2.14. The highest BCUT2D eigenvalue weighted by Crippen LogP contribution is 2.44. The van der Waals surface area contributed by atoms with Crippen molar-refractivity contribution in [1.29, 1.82) is 0 Å². The van der Waals surface area contributed by atoms with Gasteiger partial charge in [0.05, 0.1) is 0 Å². The molecule has 0 atom stereocenters. The minimum atomic E-state index is -0.522. The highest BCUT2D eigenvalue weighted by Gasteiger charge is 2.37. The van der Waals surface area contributed by atoms with Crippen molar-refractivity contribution in [2.75, 3.05) is 11.9 Å². The number of aromatic nitrogens is 2. The van der Waals surface area contributed by atoms with Gasteiger partial charge in [0, 0.05) is 18.9 Å². The average Bonchev–Trinajstić information content (AvgIpc) is 2.83. The van der Waals surface area contributed by atoms with E-state index in [9.17, 15) is 4.39 Å². The maximum absolute atomic E-state index is 12.9. The van der Waals surface area contributed by atoms with Gasteiger partial charge >= 0.3 is 0 Å². The summed E-state index contributed by atoms with van der Waals surface area (Å²) in [7, 11) is 0. The van der Waals surface area contributed by atoms with Gasteiger partial charge in [0.25, 0.3) is 5.95 Å². The number of nitrogens with one attached hydrogen (secondary N) is 1. The number of nitrogens with zero attached hydrogens (tertiary/aromatic N) is 2. The predicted molar refractivity (Wildman–Crippen MR) is 47.8 cm³/mol. The zero-order chi connectivity index (χ0) is 9.31. The summed E-state index contributed by atoms with van der Waals surface area (Å²) >= 11 is 0. The second-order valence-electron chi connectivity index (χ2n) is 3.86. The van der Waals surface area contributed by atoms with Gasteiger partial charge in [-0.25, -0.2) is 9.97 Å². The van der Waals surface area contributed by atoms with Crippen molar-refractivity contribution >= 4 is 5.82 Å². The van der Waals surface area contributed by atoms with Gasteiger partial charge in [-0.1, -0.05) is 6.92 Å². The van der Waals surface area contributed by atoms with E-state index in [1.54, 1.807) is 0 Å². The summed E-state index contributed by atoms with van der Waals surface area (Å²) < 4.78 is 12.9. The van der Waals surface area contributed by atoms with E-state index in [0.717, 1.165) is 6.54 Å². The standard InChI is InChI=1S/C9H12FN3/c1-9(2-3-9)6-13-8-7(10)11-4-5-12-8/h4-5H,2-3,6H2,1H3,(H,12,13). The predicted octanol–water partition coefficient (Wildman–Crippen LogP) is 1.83. The van der Waals surface area contributed by atoms with Gasteiger partial charge in [-0.3, -0.25) is 0 Å². The van der Waals surface area contributed by atoms with E-state index in [0.29, 0.717) is 5.41 Å². The van der Waals surface area contributed by atoms with Crippen LogP contribution in [0.2, 0.25) is 0 Å². The van der Waals surface area contributed by atoms with Crippen molar-refractivity contribution in [3.8, 4) is 0 Å². The van der Waals surface area contributed by atoms with Crippen molar-refractivity contribution in [3.63, 3.8) is 0 Å². The van der Waals surface area contributed by atoms with Crippen LogP contribution in [0.4, 0.5) is 10.2 Å². The Labute approximate surface area is 76.4 Å². The third-order valence-corrected chi connectivity index (χ3v) is 2.44. The van der Waals surface area contributed by atoms with Crippen LogP contribution in [0.1, 0.15) is 19.8 Å². The van der Waals surface area contributed by atoms with E-state index in [1.165, 1.54) is 25.2 Å². The molecule has 2 rings (SSSR count). The van der Waals surface area contributed by atoms with E-state index in [-0.39, 0.29) is 5.82 Å². The minimum absolute atomic E-state index is 0.260. The molecule has 0 spiro atoms. The van der Waals surface area contributed by atoms with Gasteiger partial charge in [0.1, 0.15) is 0 Å². The molecule has 1 aromatic rings. The zero-order valence-corrected chi connectivity index (χ0v) is 7.55. The quantitative estimate of drug-likeness (QED) is 0.773. The first-order valence-electron chi connectivity index (χ1n) is 4.40. The SMILES string of the molecule is CC1(CNc2nccnc2F)CC1. The smallest absolute Gasteiger partial charge is 0.255 e. The van der Waals surface area contributed by atoms with Crippen molar-refractivity contribution in [2.45, 2.75) is 19.8 Å². The van der Waals surface area contributed by atoms with E-state index in [2.05, 4.69) is 22.2 Å². The Balaban J connectivity index is 1.97. The molecule has 1 aliphatic rings. The van der Waals surface area contributed by atoms with Crippen LogP contribution in [0.5, 0.6) is 0 Å². The fourth-order valence-electron chi connectivity index (χ4n) is 1.13. The van der Waals surface area contributed by atoms with Gasteiger partial charge in [-0.05, 0) is 18.3 Å². The number of rotatable bonds is 3. The van der Waals surface area contributed by atoms with Crippen LogP contribution in [0.25, 0.3) is 0 Å². The maximum Gasteiger partial charge on any atom is 0.255 e. The third-order valence-electron chi connectivity index (χ3n) is 2.44. The largest absolute Gasteiger partial charge is 0.366 e. The molecule has 1 saturated carbocycles. The Hall–Kier alpha value is -1.19. The fourth-order valence-corrected chi connectivity index (χ4v) is 1.13. The summed E-state index contributed by atoms with van der Waals surface area (Å²) in [5.41, 5.74) is 0.351. The summed E-state index contributed by atoms with van der Waals surface area (Å²) in [6, 6.07) is 0. The van der Waals surface area contributed by atoms with Crippen LogP contribution in [0, 0.1) is 11.4 Å². The highest BCUT2D eigenvalue weighted by atomic mass is 19.1. The Morgan fingerprint density at radius 2 is 2.15 bits per heavy atom. The van der Waals surface area contributed by atoms with Crippen LogP contribution >= 0.6 is 0 Å². The van der Waals surface area contributed by atoms with Crippen molar-refractivity contribution in [3.05, 3.63) is 18.3 Å². The van der Waals surface area contributed by atoms with Crippen LogP contribution in [0.15, 0.2) is 12.4 Å². The Bertz CT molecular complexity index is 309. The van der Waals surface area contributed by atoms with Gasteiger partial charge in [0.2, 0.25) is 0 Å². The second-order valence-corrected chi connectivity index (χ2v) is 3.86. The topological polar surface area (TPSA) is 37.8 Å². The van der Waals surface area contributed by atoms with Gasteiger partial charge in [-0.15, -0.1) is 0 Å². The van der Waals surface area contributed by atoms with Gasteiger partial charge in [0.15, 0.2) is 5.82 Å². The van der Waals surface area contributed by atoms with Crippen LogP contribution in [0.3, 0.4) is 0 Å². The van der Waals surface area contributed by atoms with Crippen LogP contribution in [-0.4, -0.2) is 16.5 Å². The molecule has 0 amide bonds. The number of anilines is 1. The molecule has 0 radical (unpaired) electrons. The molecule has 1 aromatic heterocycles. The summed E-state index contributed by atoms with van der Waals surface area (Å²) in [6.07, 6.45) is 5.25. The molecule has 1 heterocycles. The second kappa shape index (κ2) is 2.94. The van der Waals surface area contributed by atoms with Crippen molar-refractivity contribution in [2.24, 2.45) is 5.41 Å². The first-order valence-corrected chi connectivity index (χ1v) is 4.40. The van der Waals surface area contributed by atoms with Crippen LogP contribution < -0.4 is 5.32 Å². The van der Waals surface area contributed by atoms with Crippen LogP contribution in [-0.2, 0) is 0 Å². The van der Waals surface area contributed by atoms with Crippen molar-refractivity contribution < 1.29 is 4.39 Å². The van der Waals surface area contributed by atoms with E-state index < -0.39 is 5.95 Å². The molecule has 0 saturated heterocycles. The molecule has 1 fully saturated rings. The Morgan fingerprint density at radius 3 is 2.77 bits per heavy atom. The third kappa shape index (κ3) is 1.94. The van der Waals surface area contributed by atoms with E-state index in [1.807, 2.05) is 0 Å². The molecule has 0 unspecified atom stereocenters. The number of hydrogen-bond donors (Lipinski definition) is 1. The summed E-state index contributed by atoms with van der Waals surface area (Å²) in [4.78, 5) is 7.37. The molecular weight excluding hydrogens is 169 g/mol. The highest BCUT2D eigenvalue weighted by molar-refractivity contribution is 5.32. The molecule has 70 valence electrons. The lowest BCUT2D eigenvalue weighted by atomic mass is 10.1. The lowest BCUT2D eigenvalue weighted by Gasteiger charge is -2.09. The molecule has 0 aliphatic heterocycles. The zero-order valence-electron chi connectivity index (χ0n) is 7.55. The van der Waals surface area contributed by atoms with E-state index >= 15 is 0 Å². The Kier molecular flexibility index (Phi) is 1.90. The molecule has 1 N–H and O–H groups in total. The Morgan fingerprint density at radius 1 is 1.46 bits per heavy atom. The molecule has 4 heteroatoms. The van der Waals surface area contributed by atoms with Crippen molar-refractivity contribution in [1.82, 2.24) is 9.97 Å².